The number of aryl methyl sites for hydroxylation is 2. The molecule has 2 aliphatic heterocycles. The first-order valence-electron chi connectivity index (χ1n) is 19.8. The molecule has 0 unspecified atom stereocenters. The molecule has 60 heavy (non-hydrogen) atoms. The van der Waals surface area contributed by atoms with Crippen molar-refractivity contribution in [1.82, 2.24) is 29.9 Å². The first-order valence-corrected chi connectivity index (χ1v) is 25.7. The van der Waals surface area contributed by atoms with Crippen molar-refractivity contribution in [1.29, 1.82) is 0 Å². The lowest BCUT2D eigenvalue weighted by Gasteiger charge is -2.31. The van der Waals surface area contributed by atoms with Gasteiger partial charge in [0.2, 0.25) is 5.28 Å². The molecular formula is C40H39Cl4N8O5PS2. The molecule has 13 nitrogen and oxygen atoms in total. The highest BCUT2D eigenvalue weighted by Gasteiger charge is 2.28. The molecule has 0 amide bonds. The standard InChI is InChI=1S/C17H16Cl2N4OS.C17H18N4O3S.C6H5Cl2OP/c18-14-13-12(20-17(19)21-14)11-9-3-1-2-4-10(9)15(22-16(11)25-13)23-5-7-24-8-6-23;22-15-13-12(18-17(23)20-15)11-9-3-1-2-4-10(9)14(19-16(11)25-13)21-5-7-24-8-6-21;7-10(8,9)6-4-2-1-3-5-6/h1-8H2;1-8H2,(H2,18,20,22,23);1-5H. The summed E-state index contributed by atoms with van der Waals surface area (Å²) in [5.41, 5.74) is 5.98. The number of anilines is 2. The Labute approximate surface area is 371 Å². The molecule has 2 saturated heterocycles. The van der Waals surface area contributed by atoms with Crippen LogP contribution in [0.4, 0.5) is 11.6 Å². The molecule has 2 N–H and O–H groups in total. The Morgan fingerprint density at radius 3 is 1.72 bits per heavy atom. The van der Waals surface area contributed by atoms with E-state index >= 15 is 0 Å². The van der Waals surface area contributed by atoms with Crippen molar-refractivity contribution in [3.8, 4) is 0 Å². The molecule has 11 rings (SSSR count). The van der Waals surface area contributed by atoms with E-state index in [-0.39, 0.29) is 10.8 Å². The van der Waals surface area contributed by atoms with Crippen LogP contribution in [0.5, 0.6) is 0 Å². The van der Waals surface area contributed by atoms with E-state index < -0.39 is 11.5 Å². The van der Waals surface area contributed by atoms with Crippen LogP contribution in [0.1, 0.15) is 47.9 Å². The van der Waals surface area contributed by atoms with Crippen LogP contribution in [-0.2, 0) is 39.7 Å². The number of rotatable bonds is 3. The molecule has 0 atom stereocenters. The minimum absolute atomic E-state index is 0.194. The third kappa shape index (κ3) is 8.42. The number of fused-ring (bicyclic) bond motifs is 10. The van der Waals surface area contributed by atoms with E-state index in [0.717, 1.165) is 120 Å². The van der Waals surface area contributed by atoms with Crippen LogP contribution < -0.4 is 26.4 Å². The lowest BCUT2D eigenvalue weighted by Crippen LogP contribution is -2.37. The highest BCUT2D eigenvalue weighted by Crippen LogP contribution is 2.55. The lowest BCUT2D eigenvalue weighted by atomic mass is 9.90. The van der Waals surface area contributed by atoms with E-state index in [1.54, 1.807) is 35.6 Å². The summed E-state index contributed by atoms with van der Waals surface area (Å²) in [7, 11) is 0. The first kappa shape index (κ1) is 42.0. The second kappa shape index (κ2) is 17.8. The van der Waals surface area contributed by atoms with Crippen molar-refractivity contribution >= 4 is 132 Å². The van der Waals surface area contributed by atoms with Crippen LogP contribution in [0.25, 0.3) is 40.9 Å². The molecule has 20 heteroatoms. The number of nitrogens with one attached hydrogen (secondary N) is 2. The van der Waals surface area contributed by atoms with Crippen molar-refractivity contribution < 1.29 is 14.0 Å². The summed E-state index contributed by atoms with van der Waals surface area (Å²) >= 11 is 26.1. The number of pyridine rings is 2. The maximum absolute atomic E-state index is 12.2. The fraction of sp³-hybridized carbons (Fsp3) is 0.400. The van der Waals surface area contributed by atoms with Crippen molar-refractivity contribution in [3.63, 3.8) is 0 Å². The zero-order valence-corrected chi connectivity index (χ0v) is 37.8. The van der Waals surface area contributed by atoms with E-state index in [4.69, 9.17) is 65.1 Å². The summed E-state index contributed by atoms with van der Waals surface area (Å²) in [5, 5.41) is 3.18. The number of benzene rings is 1. The number of H-pyrrole nitrogens is 2. The van der Waals surface area contributed by atoms with Gasteiger partial charge in [-0.05, 0) is 120 Å². The molecule has 2 fully saturated rings. The maximum Gasteiger partial charge on any atom is 0.326 e. The largest absolute Gasteiger partial charge is 0.378 e. The Morgan fingerprint density at radius 2 is 1.17 bits per heavy atom. The second-order valence-corrected chi connectivity index (χ2v) is 22.3. The van der Waals surface area contributed by atoms with Gasteiger partial charge in [-0.3, -0.25) is 14.3 Å². The van der Waals surface area contributed by atoms with Gasteiger partial charge in [-0.2, -0.15) is 0 Å². The molecule has 0 radical (unpaired) electrons. The number of hydrogen-bond donors (Lipinski definition) is 2. The normalized spacial score (nSPS) is 16.9. The zero-order valence-electron chi connectivity index (χ0n) is 32.2. The Bertz CT molecular complexity index is 2910. The SMILES string of the molecule is Clc1nc(Cl)c2sc3nc(N4CCOCC4)c4c(c3c2n1)CCCC4.O=P(Cl)(Cl)c1ccccc1.O=c1[nH]c(=O)c2sc3nc(N4CCOCC4)c4c(c3c2[nH]1)CCCC4. The number of morpholine rings is 2. The first-order chi connectivity index (χ1) is 29.0. The number of nitrogens with zero attached hydrogens (tertiary/aromatic N) is 6. The minimum Gasteiger partial charge on any atom is -0.378 e. The summed E-state index contributed by atoms with van der Waals surface area (Å²) in [6.07, 6.45) is 8.75. The fourth-order valence-electron chi connectivity index (χ4n) is 8.48. The zero-order chi connectivity index (χ0) is 41.5. The number of thiophene rings is 2. The molecule has 1 aromatic carbocycles. The molecule has 0 bridgehead atoms. The summed E-state index contributed by atoms with van der Waals surface area (Å²) in [4.78, 5) is 54.2. The molecule has 8 heterocycles. The molecule has 0 spiro atoms. The van der Waals surface area contributed by atoms with Crippen LogP contribution in [0.3, 0.4) is 0 Å². The van der Waals surface area contributed by atoms with Crippen LogP contribution in [-0.4, -0.2) is 82.5 Å². The Balaban J connectivity index is 0.000000126. The van der Waals surface area contributed by atoms with Crippen molar-refractivity contribution in [2.24, 2.45) is 0 Å². The van der Waals surface area contributed by atoms with Gasteiger partial charge in [0, 0.05) is 42.3 Å². The third-order valence-corrected chi connectivity index (χ3v) is 16.0. The maximum atomic E-state index is 12.2. The Hall–Kier alpha value is -3.37. The van der Waals surface area contributed by atoms with Gasteiger partial charge in [-0.25, -0.2) is 24.7 Å². The third-order valence-electron chi connectivity index (χ3n) is 11.2. The van der Waals surface area contributed by atoms with Gasteiger partial charge in [-0.1, -0.05) is 29.8 Å². The summed E-state index contributed by atoms with van der Waals surface area (Å²) in [6, 6.07) is 8.58. The van der Waals surface area contributed by atoms with Gasteiger partial charge in [0.1, 0.15) is 26.0 Å². The predicted molar refractivity (Wildman–Crippen MR) is 246 cm³/mol. The average molecular weight is 949 g/mol. The minimum atomic E-state index is -3.07. The number of hydrogen-bond acceptors (Lipinski definition) is 13. The van der Waals surface area contributed by atoms with E-state index in [2.05, 4.69) is 29.7 Å². The Morgan fingerprint density at radius 1 is 0.650 bits per heavy atom. The summed E-state index contributed by atoms with van der Waals surface area (Å²) in [6.45, 7) is 6.41. The second-order valence-electron chi connectivity index (χ2n) is 14.8. The van der Waals surface area contributed by atoms with Crippen LogP contribution >= 0.6 is 74.2 Å². The summed E-state index contributed by atoms with van der Waals surface area (Å²) < 4.78 is 23.4. The van der Waals surface area contributed by atoms with E-state index in [0.29, 0.717) is 33.9 Å². The van der Waals surface area contributed by atoms with E-state index in [9.17, 15) is 14.2 Å². The van der Waals surface area contributed by atoms with Crippen LogP contribution in [0.15, 0.2) is 39.9 Å². The van der Waals surface area contributed by atoms with Gasteiger partial charge < -0.3 is 24.3 Å². The van der Waals surface area contributed by atoms with Gasteiger partial charge in [0.05, 0.1) is 42.2 Å². The van der Waals surface area contributed by atoms with Gasteiger partial charge in [-0.15, -0.1) is 22.7 Å². The van der Waals surface area contributed by atoms with Crippen molar-refractivity contribution in [2.45, 2.75) is 51.4 Å². The van der Waals surface area contributed by atoms with Crippen LogP contribution in [0, 0.1) is 0 Å². The van der Waals surface area contributed by atoms with Gasteiger partial charge in [0.25, 0.3) is 11.4 Å². The molecule has 4 aliphatic rings. The van der Waals surface area contributed by atoms with E-state index in [1.807, 2.05) is 6.07 Å². The molecule has 2 aliphatic carbocycles. The van der Waals surface area contributed by atoms with Crippen LogP contribution in [0.2, 0.25) is 10.4 Å². The van der Waals surface area contributed by atoms with Gasteiger partial charge in [0.15, 0.2) is 5.15 Å². The topological polar surface area (TPSA) is 159 Å². The van der Waals surface area contributed by atoms with Gasteiger partial charge >= 0.3 is 5.69 Å². The highest BCUT2D eigenvalue weighted by atomic mass is 35.9. The highest BCUT2D eigenvalue weighted by molar-refractivity contribution is 8.13. The molecule has 7 aromatic rings. The predicted octanol–water partition coefficient (Wildman–Crippen LogP) is 8.79. The average Bonchev–Trinajstić information content (AvgIpc) is 3.83. The monoisotopic (exact) mass is 946 g/mol. The Kier molecular flexibility index (Phi) is 12.4. The quantitative estimate of drug-likeness (QED) is 0.0991. The van der Waals surface area contributed by atoms with E-state index in [1.165, 1.54) is 46.4 Å². The van der Waals surface area contributed by atoms with Crippen molar-refractivity contribution in [3.05, 3.63) is 83.9 Å². The molecule has 0 saturated carbocycles. The number of aromatic nitrogens is 6. The molecular weight excluding hydrogens is 909 g/mol. The number of halogens is 4. The summed E-state index contributed by atoms with van der Waals surface area (Å²) in [5.74, 6) is -0.918. The lowest BCUT2D eigenvalue weighted by molar-refractivity contribution is 0.122. The van der Waals surface area contributed by atoms with Crippen molar-refractivity contribution in [2.75, 3.05) is 62.4 Å². The number of aromatic amines is 2. The smallest absolute Gasteiger partial charge is 0.326 e. The molecule has 6 aromatic heterocycles. The number of ether oxygens (including phenoxy) is 2. The fourth-order valence-corrected chi connectivity index (χ4v) is 12.2. The molecule has 314 valence electrons.